The maximum Gasteiger partial charge on any atom is 0.336 e. The number of benzene rings is 2. The number of esters is 1. The Hall–Kier alpha value is -3.15. The Balaban J connectivity index is 2.46. The minimum Gasteiger partial charge on any atom is -0.463 e. The smallest absolute Gasteiger partial charge is 0.336 e. The third-order valence-corrected chi connectivity index (χ3v) is 4.51. The zero-order valence-corrected chi connectivity index (χ0v) is 16.4. The monoisotopic (exact) mass is 382 g/mol. The van der Waals surface area contributed by atoms with Crippen LogP contribution in [-0.4, -0.2) is 24.0 Å². The molecule has 0 saturated carbocycles. The molecule has 2 atom stereocenters. The molecule has 0 unspecified atom stereocenters. The van der Waals surface area contributed by atoms with Crippen molar-refractivity contribution >= 4 is 5.97 Å². The lowest BCUT2D eigenvalue weighted by atomic mass is 9.89. The number of nitro groups is 1. The largest absolute Gasteiger partial charge is 0.463 e. The van der Waals surface area contributed by atoms with E-state index in [1.165, 1.54) is 0 Å². The first kappa shape index (κ1) is 21.2. The molecule has 0 aliphatic heterocycles. The van der Waals surface area contributed by atoms with Gasteiger partial charge in [0.05, 0.1) is 18.1 Å². The van der Waals surface area contributed by atoms with Gasteiger partial charge in [-0.25, -0.2) is 4.79 Å². The summed E-state index contributed by atoms with van der Waals surface area (Å²) >= 11 is 0. The lowest BCUT2D eigenvalue weighted by molar-refractivity contribution is -0.481. The van der Waals surface area contributed by atoms with Crippen LogP contribution in [0.15, 0.2) is 71.9 Å². The molecule has 2 aromatic carbocycles. The molecule has 0 aromatic heterocycles. The zero-order valence-electron chi connectivity index (χ0n) is 16.4. The van der Waals surface area contributed by atoms with E-state index in [-0.39, 0.29) is 18.2 Å². The Morgan fingerprint density at radius 3 is 2.11 bits per heavy atom. The summed E-state index contributed by atoms with van der Waals surface area (Å²) in [5, 5.41) is 14.7. The van der Waals surface area contributed by atoms with Crippen LogP contribution in [0.1, 0.15) is 43.9 Å². The number of rotatable bonds is 9. The summed E-state index contributed by atoms with van der Waals surface area (Å²) in [5.41, 5.74) is 2.62. The standard InChI is InChI=1S/C22H26N2O4/c1-4-28-22(25)21(17(3)23-16(2)18-11-7-5-8-12-18)20(15-24(26)27)19-13-9-6-10-14-19/h5-14,16,20,23H,4,15H2,1-3H3/b21-17-/t16-,20+/m1/s1. The first-order valence-corrected chi connectivity index (χ1v) is 9.30. The maximum atomic E-state index is 12.8. The molecule has 6 nitrogen and oxygen atoms in total. The van der Waals surface area contributed by atoms with Crippen molar-refractivity contribution in [3.63, 3.8) is 0 Å². The fourth-order valence-electron chi connectivity index (χ4n) is 3.19. The van der Waals surface area contributed by atoms with E-state index in [0.29, 0.717) is 11.3 Å². The quantitative estimate of drug-likeness (QED) is 0.304. The number of ether oxygens (including phenoxy) is 1. The summed E-state index contributed by atoms with van der Waals surface area (Å²) in [6.07, 6.45) is 0. The molecule has 0 fully saturated rings. The highest BCUT2D eigenvalue weighted by atomic mass is 16.6. The number of carbonyl (C=O) groups is 1. The van der Waals surface area contributed by atoms with Gasteiger partial charge in [-0.15, -0.1) is 0 Å². The minimum absolute atomic E-state index is 0.0716. The van der Waals surface area contributed by atoms with Gasteiger partial charge in [-0.2, -0.15) is 0 Å². The Morgan fingerprint density at radius 1 is 1.07 bits per heavy atom. The van der Waals surface area contributed by atoms with Gasteiger partial charge in [-0.05, 0) is 31.9 Å². The SMILES string of the molecule is CCOC(=O)/C(=C(/C)N[C@H](C)c1ccccc1)[C@@H](C[N+](=O)[O-])c1ccccc1. The molecule has 0 aliphatic carbocycles. The minimum atomic E-state index is -0.703. The van der Waals surface area contributed by atoms with Crippen molar-refractivity contribution in [2.75, 3.05) is 13.2 Å². The van der Waals surface area contributed by atoms with Gasteiger partial charge in [-0.3, -0.25) is 10.1 Å². The van der Waals surface area contributed by atoms with Gasteiger partial charge in [0.2, 0.25) is 6.54 Å². The molecule has 0 radical (unpaired) electrons. The van der Waals surface area contributed by atoms with E-state index >= 15 is 0 Å². The van der Waals surface area contributed by atoms with Crippen molar-refractivity contribution in [1.29, 1.82) is 0 Å². The molecule has 0 aliphatic rings. The fraction of sp³-hybridized carbons (Fsp3) is 0.318. The van der Waals surface area contributed by atoms with Crippen LogP contribution < -0.4 is 5.32 Å². The molecule has 0 bridgehead atoms. The molecular formula is C22H26N2O4. The fourth-order valence-corrected chi connectivity index (χ4v) is 3.19. The highest BCUT2D eigenvalue weighted by Crippen LogP contribution is 2.29. The number of hydrogen-bond acceptors (Lipinski definition) is 5. The predicted octanol–water partition coefficient (Wildman–Crippen LogP) is 4.23. The topological polar surface area (TPSA) is 81.5 Å². The predicted molar refractivity (Wildman–Crippen MR) is 108 cm³/mol. The molecule has 0 amide bonds. The second-order valence-electron chi connectivity index (χ2n) is 6.51. The van der Waals surface area contributed by atoms with Gasteiger partial charge in [-0.1, -0.05) is 60.7 Å². The lowest BCUT2D eigenvalue weighted by Crippen LogP contribution is -2.27. The van der Waals surface area contributed by atoms with Crippen molar-refractivity contribution in [3.8, 4) is 0 Å². The van der Waals surface area contributed by atoms with E-state index in [1.54, 1.807) is 38.1 Å². The Kier molecular flexibility index (Phi) is 7.75. The van der Waals surface area contributed by atoms with Crippen LogP contribution in [0.2, 0.25) is 0 Å². The van der Waals surface area contributed by atoms with Crippen LogP contribution in [0.5, 0.6) is 0 Å². The average Bonchev–Trinajstić information content (AvgIpc) is 2.68. The van der Waals surface area contributed by atoms with Gasteiger partial charge in [0, 0.05) is 16.7 Å². The summed E-state index contributed by atoms with van der Waals surface area (Å²) in [6.45, 7) is 5.27. The van der Waals surface area contributed by atoms with Gasteiger partial charge >= 0.3 is 5.97 Å². The summed E-state index contributed by atoms with van der Waals surface area (Å²) in [5.74, 6) is -1.24. The zero-order chi connectivity index (χ0) is 20.5. The van der Waals surface area contributed by atoms with E-state index in [9.17, 15) is 14.9 Å². The first-order chi connectivity index (χ1) is 13.4. The Morgan fingerprint density at radius 2 is 1.61 bits per heavy atom. The highest BCUT2D eigenvalue weighted by molar-refractivity contribution is 5.91. The van der Waals surface area contributed by atoms with Crippen molar-refractivity contribution in [1.82, 2.24) is 5.32 Å². The molecule has 2 aromatic rings. The van der Waals surface area contributed by atoms with E-state index in [1.807, 2.05) is 43.3 Å². The van der Waals surface area contributed by atoms with Gasteiger partial charge in [0.1, 0.15) is 0 Å². The second kappa shape index (κ2) is 10.3. The molecule has 28 heavy (non-hydrogen) atoms. The number of nitrogens with one attached hydrogen (secondary N) is 1. The summed E-state index contributed by atoms with van der Waals surface area (Å²) < 4.78 is 5.24. The third-order valence-electron chi connectivity index (χ3n) is 4.51. The van der Waals surface area contributed by atoms with E-state index < -0.39 is 23.4 Å². The molecule has 1 N–H and O–H groups in total. The van der Waals surface area contributed by atoms with Crippen molar-refractivity contribution in [3.05, 3.63) is 93.2 Å². The van der Waals surface area contributed by atoms with E-state index in [4.69, 9.17) is 4.74 Å². The van der Waals surface area contributed by atoms with Crippen molar-refractivity contribution in [2.24, 2.45) is 0 Å². The molecule has 0 saturated heterocycles. The maximum absolute atomic E-state index is 12.8. The molecular weight excluding hydrogens is 356 g/mol. The van der Waals surface area contributed by atoms with Crippen LogP contribution in [0.3, 0.4) is 0 Å². The van der Waals surface area contributed by atoms with Crippen molar-refractivity contribution < 1.29 is 14.5 Å². The molecule has 0 spiro atoms. The number of allylic oxidation sites excluding steroid dienone is 1. The van der Waals surface area contributed by atoms with E-state index in [2.05, 4.69) is 5.32 Å². The van der Waals surface area contributed by atoms with Crippen molar-refractivity contribution in [2.45, 2.75) is 32.7 Å². The van der Waals surface area contributed by atoms with Crippen LogP contribution in [0.4, 0.5) is 0 Å². The highest BCUT2D eigenvalue weighted by Gasteiger charge is 2.30. The van der Waals surface area contributed by atoms with Gasteiger partial charge in [0.15, 0.2) is 0 Å². The molecule has 148 valence electrons. The summed E-state index contributed by atoms with van der Waals surface area (Å²) in [6, 6.07) is 18.8. The molecule has 2 rings (SSSR count). The Bertz CT molecular complexity index is 819. The van der Waals surface area contributed by atoms with Gasteiger partial charge in [0.25, 0.3) is 0 Å². The number of nitrogens with zero attached hydrogens (tertiary/aromatic N) is 1. The lowest BCUT2D eigenvalue weighted by Gasteiger charge is -2.23. The second-order valence-corrected chi connectivity index (χ2v) is 6.51. The average molecular weight is 382 g/mol. The Labute approximate surface area is 165 Å². The normalized spacial score (nSPS) is 13.8. The van der Waals surface area contributed by atoms with Crippen LogP contribution in [-0.2, 0) is 9.53 Å². The number of hydrogen-bond donors (Lipinski definition) is 1. The number of carbonyl (C=O) groups excluding carboxylic acids is 1. The summed E-state index contributed by atoms with van der Waals surface area (Å²) in [7, 11) is 0. The molecule has 6 heteroatoms. The van der Waals surface area contributed by atoms with Crippen LogP contribution in [0.25, 0.3) is 0 Å². The van der Waals surface area contributed by atoms with Crippen LogP contribution >= 0.6 is 0 Å². The van der Waals surface area contributed by atoms with E-state index in [0.717, 1.165) is 5.56 Å². The van der Waals surface area contributed by atoms with Gasteiger partial charge < -0.3 is 10.1 Å². The van der Waals surface area contributed by atoms with Crippen LogP contribution in [0, 0.1) is 10.1 Å². The third kappa shape index (κ3) is 5.67. The summed E-state index contributed by atoms with van der Waals surface area (Å²) in [4.78, 5) is 23.7. The molecule has 0 heterocycles. The first-order valence-electron chi connectivity index (χ1n) is 9.30.